The molecule has 2 heterocycles. The van der Waals surface area contributed by atoms with Crippen LogP contribution in [0, 0.1) is 0 Å². The third-order valence-electron chi connectivity index (χ3n) is 3.82. The van der Waals surface area contributed by atoms with Crippen LogP contribution < -0.4 is 10.2 Å². The van der Waals surface area contributed by atoms with Gasteiger partial charge in [-0.15, -0.1) is 0 Å². The van der Waals surface area contributed by atoms with Crippen molar-refractivity contribution in [1.82, 2.24) is 10.3 Å². The van der Waals surface area contributed by atoms with Crippen molar-refractivity contribution in [3.05, 3.63) is 24.0 Å². The van der Waals surface area contributed by atoms with Gasteiger partial charge in [0.15, 0.2) is 0 Å². The van der Waals surface area contributed by atoms with E-state index in [1.165, 1.54) is 12.8 Å². The average Bonchev–Trinajstić information content (AvgIpc) is 2.46. The zero-order chi connectivity index (χ0) is 13.0. The minimum absolute atomic E-state index is 0.231. The van der Waals surface area contributed by atoms with Gasteiger partial charge in [0, 0.05) is 12.6 Å². The summed E-state index contributed by atoms with van der Waals surface area (Å²) in [5, 5.41) is 12.6. The number of pyridine rings is 1. The normalized spacial score (nSPS) is 21.9. The van der Waals surface area contributed by atoms with Crippen LogP contribution in [-0.4, -0.2) is 36.3 Å². The Bertz CT molecular complexity index is 366. The zero-order valence-corrected chi connectivity index (χ0v) is 11.3. The standard InChI is InChI=1S/C14H23N3O/c1-11(15-2)14-7-6-12(9-16-14)17-8-4-3-5-13(17)10-18/h6-7,9,11,13,15,18H,3-5,8,10H2,1-2H3. The van der Waals surface area contributed by atoms with E-state index in [0.29, 0.717) is 0 Å². The molecule has 1 aliphatic heterocycles. The van der Waals surface area contributed by atoms with E-state index in [-0.39, 0.29) is 18.7 Å². The predicted octanol–water partition coefficient (Wildman–Crippen LogP) is 1.71. The Labute approximate surface area is 109 Å². The molecular formula is C14H23N3O. The number of nitrogens with one attached hydrogen (secondary N) is 1. The van der Waals surface area contributed by atoms with Crippen LogP contribution in [0.2, 0.25) is 0 Å². The van der Waals surface area contributed by atoms with Gasteiger partial charge < -0.3 is 15.3 Å². The van der Waals surface area contributed by atoms with Crippen molar-refractivity contribution in [2.24, 2.45) is 0 Å². The first-order valence-electron chi connectivity index (χ1n) is 6.77. The molecule has 4 nitrogen and oxygen atoms in total. The van der Waals surface area contributed by atoms with Gasteiger partial charge in [0.2, 0.25) is 0 Å². The van der Waals surface area contributed by atoms with Crippen LogP contribution in [0.1, 0.15) is 37.9 Å². The Morgan fingerprint density at radius 2 is 2.33 bits per heavy atom. The van der Waals surface area contributed by atoms with Crippen molar-refractivity contribution in [2.75, 3.05) is 25.1 Å². The maximum atomic E-state index is 9.43. The second-order valence-corrected chi connectivity index (χ2v) is 4.98. The van der Waals surface area contributed by atoms with Crippen molar-refractivity contribution in [1.29, 1.82) is 0 Å². The van der Waals surface area contributed by atoms with Crippen LogP contribution in [0.5, 0.6) is 0 Å². The lowest BCUT2D eigenvalue weighted by atomic mass is 10.0. The lowest BCUT2D eigenvalue weighted by Gasteiger charge is -2.36. The van der Waals surface area contributed by atoms with E-state index in [1.54, 1.807) is 0 Å². The van der Waals surface area contributed by atoms with Crippen LogP contribution in [0.4, 0.5) is 5.69 Å². The number of aliphatic hydroxyl groups is 1. The largest absolute Gasteiger partial charge is 0.394 e. The minimum atomic E-state index is 0.231. The molecule has 1 saturated heterocycles. The highest BCUT2D eigenvalue weighted by Crippen LogP contribution is 2.24. The number of aromatic nitrogens is 1. The summed E-state index contributed by atoms with van der Waals surface area (Å²) < 4.78 is 0. The molecule has 2 N–H and O–H groups in total. The van der Waals surface area contributed by atoms with Crippen LogP contribution >= 0.6 is 0 Å². The van der Waals surface area contributed by atoms with Crippen molar-refractivity contribution >= 4 is 5.69 Å². The molecule has 1 aliphatic rings. The van der Waals surface area contributed by atoms with Crippen molar-refractivity contribution in [2.45, 2.75) is 38.3 Å². The molecule has 18 heavy (non-hydrogen) atoms. The lowest BCUT2D eigenvalue weighted by Crippen LogP contribution is -2.42. The number of rotatable bonds is 4. The number of piperidine rings is 1. The Morgan fingerprint density at radius 3 is 2.94 bits per heavy atom. The molecule has 100 valence electrons. The van der Waals surface area contributed by atoms with E-state index in [1.807, 2.05) is 13.2 Å². The summed E-state index contributed by atoms with van der Waals surface area (Å²) in [6.45, 7) is 3.35. The van der Waals surface area contributed by atoms with Crippen LogP contribution in [0.15, 0.2) is 18.3 Å². The quantitative estimate of drug-likeness (QED) is 0.853. The van der Waals surface area contributed by atoms with Crippen LogP contribution in [0.25, 0.3) is 0 Å². The second kappa shape index (κ2) is 6.16. The Morgan fingerprint density at radius 1 is 1.50 bits per heavy atom. The van der Waals surface area contributed by atoms with E-state index in [4.69, 9.17) is 0 Å². The molecule has 0 aliphatic carbocycles. The van der Waals surface area contributed by atoms with Crippen molar-refractivity contribution in [3.63, 3.8) is 0 Å². The predicted molar refractivity (Wildman–Crippen MR) is 73.8 cm³/mol. The summed E-state index contributed by atoms with van der Waals surface area (Å²) in [6.07, 6.45) is 5.41. The molecule has 1 aromatic rings. The Balaban J connectivity index is 2.12. The molecule has 0 spiro atoms. The van der Waals surface area contributed by atoms with Gasteiger partial charge in [-0.1, -0.05) is 0 Å². The van der Waals surface area contributed by atoms with Gasteiger partial charge in [0.25, 0.3) is 0 Å². The monoisotopic (exact) mass is 249 g/mol. The van der Waals surface area contributed by atoms with Crippen LogP contribution in [0.3, 0.4) is 0 Å². The molecule has 0 aromatic carbocycles. The number of nitrogens with zero attached hydrogens (tertiary/aromatic N) is 2. The molecule has 0 amide bonds. The van der Waals surface area contributed by atoms with Gasteiger partial charge in [-0.05, 0) is 45.4 Å². The van der Waals surface area contributed by atoms with Gasteiger partial charge in [0.1, 0.15) is 0 Å². The first kappa shape index (κ1) is 13.3. The molecule has 2 atom stereocenters. The summed E-state index contributed by atoms with van der Waals surface area (Å²) in [6, 6.07) is 4.71. The van der Waals surface area contributed by atoms with Gasteiger partial charge in [-0.3, -0.25) is 4.98 Å². The van der Waals surface area contributed by atoms with Gasteiger partial charge in [-0.25, -0.2) is 0 Å². The Hall–Kier alpha value is -1.13. The lowest BCUT2D eigenvalue weighted by molar-refractivity contribution is 0.240. The minimum Gasteiger partial charge on any atom is -0.394 e. The zero-order valence-electron chi connectivity index (χ0n) is 11.3. The summed E-state index contributed by atoms with van der Waals surface area (Å²) in [4.78, 5) is 6.79. The first-order valence-corrected chi connectivity index (χ1v) is 6.77. The highest BCUT2D eigenvalue weighted by molar-refractivity contribution is 5.46. The van der Waals surface area contributed by atoms with E-state index in [2.05, 4.69) is 34.3 Å². The van der Waals surface area contributed by atoms with Crippen LogP contribution in [-0.2, 0) is 0 Å². The highest BCUT2D eigenvalue weighted by atomic mass is 16.3. The molecule has 2 rings (SSSR count). The van der Waals surface area contributed by atoms with E-state index < -0.39 is 0 Å². The van der Waals surface area contributed by atoms with E-state index >= 15 is 0 Å². The number of hydrogen-bond donors (Lipinski definition) is 2. The molecular weight excluding hydrogens is 226 g/mol. The van der Waals surface area contributed by atoms with Gasteiger partial charge in [0.05, 0.1) is 30.2 Å². The average molecular weight is 249 g/mol. The van der Waals surface area contributed by atoms with Crippen molar-refractivity contribution in [3.8, 4) is 0 Å². The summed E-state index contributed by atoms with van der Waals surface area (Å²) in [5.41, 5.74) is 2.18. The fourth-order valence-electron chi connectivity index (χ4n) is 2.50. The molecule has 2 unspecified atom stereocenters. The first-order chi connectivity index (χ1) is 8.76. The third-order valence-corrected chi connectivity index (χ3v) is 3.82. The summed E-state index contributed by atoms with van der Waals surface area (Å²) in [7, 11) is 1.94. The molecule has 4 heteroatoms. The summed E-state index contributed by atoms with van der Waals surface area (Å²) in [5.74, 6) is 0. The molecule has 1 aromatic heterocycles. The fraction of sp³-hybridized carbons (Fsp3) is 0.643. The smallest absolute Gasteiger partial charge is 0.0635 e. The Kier molecular flexibility index (Phi) is 4.55. The van der Waals surface area contributed by atoms with Gasteiger partial charge in [-0.2, -0.15) is 0 Å². The highest BCUT2D eigenvalue weighted by Gasteiger charge is 2.22. The third kappa shape index (κ3) is 2.82. The second-order valence-electron chi connectivity index (χ2n) is 4.98. The maximum absolute atomic E-state index is 9.43. The van der Waals surface area contributed by atoms with E-state index in [0.717, 1.165) is 24.3 Å². The number of aliphatic hydroxyl groups excluding tert-OH is 1. The number of hydrogen-bond acceptors (Lipinski definition) is 4. The van der Waals surface area contributed by atoms with Crippen molar-refractivity contribution < 1.29 is 5.11 Å². The maximum Gasteiger partial charge on any atom is 0.0635 e. The molecule has 1 fully saturated rings. The topological polar surface area (TPSA) is 48.4 Å². The summed E-state index contributed by atoms with van der Waals surface area (Å²) >= 11 is 0. The molecule has 0 bridgehead atoms. The fourth-order valence-corrected chi connectivity index (χ4v) is 2.50. The van der Waals surface area contributed by atoms with Gasteiger partial charge >= 0.3 is 0 Å². The molecule has 0 radical (unpaired) electrons. The number of anilines is 1. The van der Waals surface area contributed by atoms with E-state index in [9.17, 15) is 5.11 Å². The SMILES string of the molecule is CNC(C)c1ccc(N2CCCCC2CO)cn1. The molecule has 0 saturated carbocycles.